The van der Waals surface area contributed by atoms with Crippen molar-refractivity contribution in [3.8, 4) is 11.3 Å². The Morgan fingerprint density at radius 2 is 1.75 bits per heavy atom. The minimum Gasteiger partial charge on any atom is -0.348 e. The molecule has 120 valence electrons. The molecular formula is C20H19N3O. The Hall–Kier alpha value is -3.01. The van der Waals surface area contributed by atoms with Crippen molar-refractivity contribution in [2.45, 2.75) is 20.4 Å². The zero-order valence-corrected chi connectivity index (χ0v) is 13.8. The Labute approximate surface area is 141 Å². The number of carbonyl (C=O) groups is 1. The van der Waals surface area contributed by atoms with Crippen LogP contribution < -0.4 is 5.32 Å². The maximum Gasteiger partial charge on any atom is 0.251 e. The van der Waals surface area contributed by atoms with E-state index in [0.717, 1.165) is 22.6 Å². The van der Waals surface area contributed by atoms with Gasteiger partial charge in [-0.05, 0) is 43.2 Å². The summed E-state index contributed by atoms with van der Waals surface area (Å²) in [5, 5.41) is 2.96. The molecule has 3 aromatic rings. The maximum atomic E-state index is 12.3. The Morgan fingerprint density at radius 1 is 1.00 bits per heavy atom. The molecule has 24 heavy (non-hydrogen) atoms. The van der Waals surface area contributed by atoms with Gasteiger partial charge in [-0.2, -0.15) is 0 Å². The van der Waals surface area contributed by atoms with E-state index in [1.165, 1.54) is 5.56 Å². The van der Waals surface area contributed by atoms with E-state index in [2.05, 4.69) is 15.3 Å². The van der Waals surface area contributed by atoms with Gasteiger partial charge in [0.05, 0.1) is 5.69 Å². The van der Waals surface area contributed by atoms with Crippen molar-refractivity contribution in [1.82, 2.24) is 15.3 Å². The van der Waals surface area contributed by atoms with E-state index >= 15 is 0 Å². The molecule has 1 aromatic heterocycles. The second-order valence-electron chi connectivity index (χ2n) is 5.68. The number of rotatable bonds is 4. The fourth-order valence-electron chi connectivity index (χ4n) is 2.50. The third-order valence-corrected chi connectivity index (χ3v) is 3.92. The molecule has 0 radical (unpaired) electrons. The zero-order valence-electron chi connectivity index (χ0n) is 13.8. The van der Waals surface area contributed by atoms with Crippen molar-refractivity contribution >= 4 is 5.91 Å². The van der Waals surface area contributed by atoms with Gasteiger partial charge in [-0.3, -0.25) is 4.79 Å². The molecule has 4 heteroatoms. The highest BCUT2D eigenvalue weighted by Crippen LogP contribution is 2.17. The lowest BCUT2D eigenvalue weighted by molar-refractivity contribution is 0.0951. The summed E-state index contributed by atoms with van der Waals surface area (Å²) in [4.78, 5) is 20.8. The molecule has 0 fully saturated rings. The third kappa shape index (κ3) is 3.66. The summed E-state index contributed by atoms with van der Waals surface area (Å²) in [5.74, 6) is 0.649. The second kappa shape index (κ2) is 7.04. The monoisotopic (exact) mass is 317 g/mol. The van der Waals surface area contributed by atoms with E-state index in [4.69, 9.17) is 0 Å². The largest absolute Gasteiger partial charge is 0.348 e. The van der Waals surface area contributed by atoms with Crippen molar-refractivity contribution < 1.29 is 4.79 Å². The molecule has 0 bridgehead atoms. The molecule has 0 aliphatic heterocycles. The van der Waals surface area contributed by atoms with Gasteiger partial charge < -0.3 is 5.32 Å². The fourth-order valence-corrected chi connectivity index (χ4v) is 2.50. The minimum atomic E-state index is -0.0799. The molecule has 0 aliphatic carbocycles. The highest BCUT2D eigenvalue weighted by molar-refractivity contribution is 5.94. The van der Waals surface area contributed by atoms with Crippen LogP contribution in [0.2, 0.25) is 0 Å². The molecule has 1 heterocycles. The number of nitrogens with one attached hydrogen (secondary N) is 1. The summed E-state index contributed by atoms with van der Waals surface area (Å²) in [6.07, 6.45) is 1.74. The first-order chi connectivity index (χ1) is 11.6. The van der Waals surface area contributed by atoms with Gasteiger partial charge in [0.2, 0.25) is 0 Å². The first-order valence-electron chi connectivity index (χ1n) is 7.86. The molecule has 4 nitrogen and oxygen atoms in total. The van der Waals surface area contributed by atoms with Crippen LogP contribution in [0.1, 0.15) is 27.3 Å². The lowest BCUT2D eigenvalue weighted by atomic mass is 10.1. The molecule has 0 atom stereocenters. The normalized spacial score (nSPS) is 10.4. The number of nitrogens with zero attached hydrogens (tertiary/aromatic N) is 2. The van der Waals surface area contributed by atoms with E-state index in [9.17, 15) is 4.79 Å². The zero-order chi connectivity index (χ0) is 16.9. The predicted molar refractivity (Wildman–Crippen MR) is 94.6 cm³/mol. The Balaban J connectivity index is 1.69. The molecule has 0 saturated carbocycles. The maximum absolute atomic E-state index is 12.3. The fraction of sp³-hybridized carbons (Fsp3) is 0.150. The quantitative estimate of drug-likeness (QED) is 0.798. The molecule has 0 aliphatic rings. The highest BCUT2D eigenvalue weighted by atomic mass is 16.1. The van der Waals surface area contributed by atoms with Gasteiger partial charge >= 0.3 is 0 Å². The predicted octanol–water partition coefficient (Wildman–Crippen LogP) is 3.69. The van der Waals surface area contributed by atoms with Gasteiger partial charge in [0.25, 0.3) is 5.91 Å². The number of benzene rings is 2. The standard InChI is InChI=1S/C20H19N3O/c1-14-5-3-4-6-18(14)13-22-20(24)17-9-7-16(8-10-17)19-11-12-21-15(2)23-19/h3-12H,13H2,1-2H3,(H,22,24). The van der Waals surface area contributed by atoms with Gasteiger partial charge in [0.15, 0.2) is 0 Å². The van der Waals surface area contributed by atoms with E-state index in [-0.39, 0.29) is 5.91 Å². The first kappa shape index (κ1) is 15.9. The summed E-state index contributed by atoms with van der Waals surface area (Å²) >= 11 is 0. The van der Waals surface area contributed by atoms with Crippen molar-refractivity contribution in [2.75, 3.05) is 0 Å². The SMILES string of the molecule is Cc1nccc(-c2ccc(C(=O)NCc3ccccc3C)cc2)n1. The van der Waals surface area contributed by atoms with Crippen molar-refractivity contribution in [3.05, 3.63) is 83.3 Å². The van der Waals surface area contributed by atoms with Gasteiger partial charge in [0.1, 0.15) is 5.82 Å². The number of hydrogen-bond donors (Lipinski definition) is 1. The molecule has 2 aromatic carbocycles. The molecule has 0 unspecified atom stereocenters. The van der Waals surface area contributed by atoms with Crippen molar-refractivity contribution in [2.24, 2.45) is 0 Å². The molecule has 3 rings (SSSR count). The smallest absolute Gasteiger partial charge is 0.251 e. The van der Waals surface area contributed by atoms with Gasteiger partial charge in [-0.15, -0.1) is 0 Å². The van der Waals surface area contributed by atoms with E-state index in [1.807, 2.05) is 68.4 Å². The summed E-state index contributed by atoms with van der Waals surface area (Å²) in [6, 6.07) is 17.4. The molecule has 1 amide bonds. The van der Waals surface area contributed by atoms with E-state index < -0.39 is 0 Å². The Morgan fingerprint density at radius 3 is 2.46 bits per heavy atom. The van der Waals surface area contributed by atoms with Gasteiger partial charge in [-0.1, -0.05) is 36.4 Å². The average Bonchev–Trinajstić information content (AvgIpc) is 2.61. The number of carbonyl (C=O) groups excluding carboxylic acids is 1. The van der Waals surface area contributed by atoms with Crippen LogP contribution in [0, 0.1) is 13.8 Å². The average molecular weight is 317 g/mol. The van der Waals surface area contributed by atoms with Crippen LogP contribution in [-0.4, -0.2) is 15.9 Å². The van der Waals surface area contributed by atoms with Gasteiger partial charge in [-0.25, -0.2) is 9.97 Å². The van der Waals surface area contributed by atoms with Crippen LogP contribution in [0.5, 0.6) is 0 Å². The lowest BCUT2D eigenvalue weighted by Gasteiger charge is -2.08. The van der Waals surface area contributed by atoms with Crippen LogP contribution in [0.3, 0.4) is 0 Å². The van der Waals surface area contributed by atoms with Crippen LogP contribution in [0.15, 0.2) is 60.8 Å². The molecule has 0 saturated heterocycles. The van der Waals surface area contributed by atoms with Crippen LogP contribution >= 0.6 is 0 Å². The van der Waals surface area contributed by atoms with Crippen molar-refractivity contribution in [3.63, 3.8) is 0 Å². The minimum absolute atomic E-state index is 0.0799. The Kier molecular flexibility index (Phi) is 4.66. The second-order valence-corrected chi connectivity index (χ2v) is 5.68. The Bertz CT molecular complexity index is 857. The van der Waals surface area contributed by atoms with E-state index in [0.29, 0.717) is 12.1 Å². The third-order valence-electron chi connectivity index (χ3n) is 3.92. The van der Waals surface area contributed by atoms with Crippen LogP contribution in [-0.2, 0) is 6.54 Å². The first-order valence-corrected chi connectivity index (χ1v) is 7.86. The number of aryl methyl sites for hydroxylation is 2. The topological polar surface area (TPSA) is 54.9 Å². The summed E-state index contributed by atoms with van der Waals surface area (Å²) in [6.45, 7) is 4.43. The molecular weight excluding hydrogens is 298 g/mol. The molecule has 1 N–H and O–H groups in total. The van der Waals surface area contributed by atoms with E-state index in [1.54, 1.807) is 6.20 Å². The summed E-state index contributed by atoms with van der Waals surface area (Å²) in [5.41, 5.74) is 4.76. The summed E-state index contributed by atoms with van der Waals surface area (Å²) < 4.78 is 0. The van der Waals surface area contributed by atoms with Crippen LogP contribution in [0.4, 0.5) is 0 Å². The number of aromatic nitrogens is 2. The van der Waals surface area contributed by atoms with Crippen molar-refractivity contribution in [1.29, 1.82) is 0 Å². The van der Waals surface area contributed by atoms with Crippen LogP contribution in [0.25, 0.3) is 11.3 Å². The summed E-state index contributed by atoms with van der Waals surface area (Å²) in [7, 11) is 0. The number of hydrogen-bond acceptors (Lipinski definition) is 3. The molecule has 0 spiro atoms. The highest BCUT2D eigenvalue weighted by Gasteiger charge is 2.07. The van der Waals surface area contributed by atoms with Gasteiger partial charge in [0, 0.05) is 23.9 Å². The lowest BCUT2D eigenvalue weighted by Crippen LogP contribution is -2.23. The number of amides is 1.